The van der Waals surface area contributed by atoms with Gasteiger partial charge >= 0.3 is 5.97 Å². The van der Waals surface area contributed by atoms with Crippen LogP contribution in [0.5, 0.6) is 0 Å². The minimum absolute atomic E-state index is 0.192. The zero-order valence-electron chi connectivity index (χ0n) is 7.97. The van der Waals surface area contributed by atoms with E-state index in [-0.39, 0.29) is 11.4 Å². The second-order valence-electron chi connectivity index (χ2n) is 2.64. The highest BCUT2D eigenvalue weighted by atomic mass is 32.2. The zero-order valence-corrected chi connectivity index (χ0v) is 8.79. The molecule has 0 aliphatic rings. The van der Waals surface area contributed by atoms with Crippen molar-refractivity contribution in [3.63, 3.8) is 0 Å². The Morgan fingerprint density at radius 3 is 2.71 bits per heavy atom. The monoisotopic (exact) mass is 208 g/mol. The smallest absolute Gasteiger partial charge is 0.331 e. The summed E-state index contributed by atoms with van der Waals surface area (Å²) in [6, 6.07) is 9.80. The van der Waals surface area contributed by atoms with Gasteiger partial charge < -0.3 is 4.74 Å². The summed E-state index contributed by atoms with van der Waals surface area (Å²) in [4.78, 5) is 11.9. The summed E-state index contributed by atoms with van der Waals surface area (Å²) in [5, 5.41) is 0. The van der Waals surface area contributed by atoms with Crippen molar-refractivity contribution in [2.75, 3.05) is 0 Å². The van der Waals surface area contributed by atoms with Crippen LogP contribution in [-0.2, 0) is 9.53 Å². The third-order valence-electron chi connectivity index (χ3n) is 1.49. The standard InChI is InChI=1S/C11H12O2S/c1-3-11(12)13-9(2)14-10-7-5-4-6-8-10/h3-9H,1H2,2H3. The summed E-state index contributed by atoms with van der Waals surface area (Å²) < 4.78 is 5.01. The minimum atomic E-state index is -0.388. The van der Waals surface area contributed by atoms with Crippen LogP contribution in [0.25, 0.3) is 0 Å². The molecule has 0 amide bonds. The van der Waals surface area contributed by atoms with Crippen molar-refractivity contribution in [2.24, 2.45) is 0 Å². The lowest BCUT2D eigenvalue weighted by atomic mass is 10.4. The molecule has 1 rings (SSSR count). The van der Waals surface area contributed by atoms with Gasteiger partial charge in [0.05, 0.1) is 0 Å². The predicted octanol–water partition coefficient (Wildman–Crippen LogP) is 2.85. The van der Waals surface area contributed by atoms with Crippen molar-refractivity contribution in [3.05, 3.63) is 43.0 Å². The van der Waals surface area contributed by atoms with Gasteiger partial charge in [0.25, 0.3) is 0 Å². The maximum Gasteiger partial charge on any atom is 0.331 e. The zero-order chi connectivity index (χ0) is 10.4. The number of thioether (sulfide) groups is 1. The van der Waals surface area contributed by atoms with Crippen molar-refractivity contribution in [1.29, 1.82) is 0 Å². The summed E-state index contributed by atoms with van der Waals surface area (Å²) in [7, 11) is 0. The largest absolute Gasteiger partial charge is 0.448 e. The van der Waals surface area contributed by atoms with Crippen molar-refractivity contribution < 1.29 is 9.53 Å². The molecule has 2 nitrogen and oxygen atoms in total. The summed E-state index contributed by atoms with van der Waals surface area (Å²) >= 11 is 1.50. The van der Waals surface area contributed by atoms with E-state index in [1.807, 2.05) is 37.3 Å². The number of benzene rings is 1. The Morgan fingerprint density at radius 2 is 2.14 bits per heavy atom. The van der Waals surface area contributed by atoms with Gasteiger partial charge in [-0.2, -0.15) is 0 Å². The second kappa shape index (κ2) is 5.50. The first-order valence-corrected chi connectivity index (χ1v) is 5.15. The Labute approximate surface area is 88.0 Å². The average Bonchev–Trinajstić information content (AvgIpc) is 2.19. The maximum absolute atomic E-state index is 10.9. The predicted molar refractivity (Wildman–Crippen MR) is 58.1 cm³/mol. The van der Waals surface area contributed by atoms with Gasteiger partial charge in [0.2, 0.25) is 0 Å². The number of esters is 1. The van der Waals surface area contributed by atoms with Crippen LogP contribution in [0, 0.1) is 0 Å². The lowest BCUT2D eigenvalue weighted by Crippen LogP contribution is -2.08. The van der Waals surface area contributed by atoms with Gasteiger partial charge in [0.1, 0.15) is 5.44 Å². The molecule has 0 spiro atoms. The Hall–Kier alpha value is -1.22. The van der Waals surface area contributed by atoms with Crippen molar-refractivity contribution in [1.82, 2.24) is 0 Å². The normalized spacial score (nSPS) is 11.8. The quantitative estimate of drug-likeness (QED) is 0.329. The van der Waals surface area contributed by atoms with E-state index in [0.717, 1.165) is 4.90 Å². The first-order valence-electron chi connectivity index (χ1n) is 4.27. The molecule has 0 N–H and O–H groups in total. The summed E-state index contributed by atoms with van der Waals surface area (Å²) in [6.07, 6.45) is 1.17. The highest BCUT2D eigenvalue weighted by Gasteiger charge is 2.07. The van der Waals surface area contributed by atoms with Gasteiger partial charge in [-0.1, -0.05) is 36.5 Å². The lowest BCUT2D eigenvalue weighted by molar-refractivity contribution is -0.138. The highest BCUT2D eigenvalue weighted by Crippen LogP contribution is 2.23. The summed E-state index contributed by atoms with van der Waals surface area (Å²) in [6.45, 7) is 5.17. The molecule has 0 heterocycles. The van der Waals surface area contributed by atoms with E-state index in [0.29, 0.717) is 0 Å². The third-order valence-corrected chi connectivity index (χ3v) is 2.47. The van der Waals surface area contributed by atoms with E-state index in [1.54, 1.807) is 0 Å². The topological polar surface area (TPSA) is 26.3 Å². The van der Waals surface area contributed by atoms with Crippen LogP contribution in [0.3, 0.4) is 0 Å². The van der Waals surface area contributed by atoms with Gasteiger partial charge in [0.15, 0.2) is 0 Å². The summed E-state index contributed by atoms with van der Waals surface area (Å²) in [5.74, 6) is -0.388. The number of rotatable bonds is 4. The molecule has 0 aliphatic carbocycles. The molecule has 0 radical (unpaired) electrons. The molecule has 0 fully saturated rings. The van der Waals surface area contributed by atoms with Crippen molar-refractivity contribution in [3.8, 4) is 0 Å². The SMILES string of the molecule is C=CC(=O)OC(C)Sc1ccccc1. The van der Waals surface area contributed by atoms with Crippen LogP contribution in [0.4, 0.5) is 0 Å². The number of hydrogen-bond acceptors (Lipinski definition) is 3. The van der Waals surface area contributed by atoms with E-state index in [9.17, 15) is 4.79 Å². The highest BCUT2D eigenvalue weighted by molar-refractivity contribution is 7.99. The summed E-state index contributed by atoms with van der Waals surface area (Å²) in [5.41, 5.74) is -0.192. The molecular formula is C11H12O2S. The van der Waals surface area contributed by atoms with Gasteiger partial charge in [-0.3, -0.25) is 0 Å². The van der Waals surface area contributed by atoms with E-state index in [2.05, 4.69) is 6.58 Å². The fourth-order valence-corrected chi connectivity index (χ4v) is 1.77. The fraction of sp³-hybridized carbons (Fsp3) is 0.182. The van der Waals surface area contributed by atoms with Gasteiger partial charge in [-0.05, 0) is 19.1 Å². The van der Waals surface area contributed by atoms with E-state index >= 15 is 0 Å². The van der Waals surface area contributed by atoms with Gasteiger partial charge in [0, 0.05) is 11.0 Å². The van der Waals surface area contributed by atoms with Crippen LogP contribution in [0.2, 0.25) is 0 Å². The molecule has 1 aromatic carbocycles. The lowest BCUT2D eigenvalue weighted by Gasteiger charge is -2.10. The van der Waals surface area contributed by atoms with Gasteiger partial charge in [-0.15, -0.1) is 0 Å². The Kier molecular flexibility index (Phi) is 4.26. The second-order valence-corrected chi connectivity index (χ2v) is 4.01. The average molecular weight is 208 g/mol. The Balaban J connectivity index is 2.45. The van der Waals surface area contributed by atoms with Crippen LogP contribution in [-0.4, -0.2) is 11.4 Å². The van der Waals surface area contributed by atoms with E-state index in [1.165, 1.54) is 17.8 Å². The Bertz CT molecular complexity index is 308. The van der Waals surface area contributed by atoms with Crippen LogP contribution in [0.1, 0.15) is 6.92 Å². The van der Waals surface area contributed by atoms with E-state index in [4.69, 9.17) is 4.74 Å². The molecule has 0 saturated heterocycles. The Morgan fingerprint density at radius 1 is 1.50 bits per heavy atom. The molecule has 0 bridgehead atoms. The van der Waals surface area contributed by atoms with Gasteiger partial charge in [-0.25, -0.2) is 4.79 Å². The maximum atomic E-state index is 10.9. The first-order chi connectivity index (χ1) is 6.72. The molecule has 1 unspecified atom stereocenters. The molecule has 3 heteroatoms. The molecule has 74 valence electrons. The molecule has 0 aromatic heterocycles. The third kappa shape index (κ3) is 3.66. The van der Waals surface area contributed by atoms with Crippen LogP contribution < -0.4 is 0 Å². The number of ether oxygens (including phenoxy) is 1. The molecule has 0 aliphatic heterocycles. The minimum Gasteiger partial charge on any atom is -0.448 e. The molecule has 1 atom stereocenters. The van der Waals surface area contributed by atoms with Crippen LogP contribution in [0.15, 0.2) is 47.9 Å². The number of hydrogen-bond donors (Lipinski definition) is 0. The molecular weight excluding hydrogens is 196 g/mol. The molecule has 1 aromatic rings. The van der Waals surface area contributed by atoms with E-state index < -0.39 is 0 Å². The van der Waals surface area contributed by atoms with Crippen molar-refractivity contribution >= 4 is 17.7 Å². The number of carbonyl (C=O) groups excluding carboxylic acids is 1. The molecule has 14 heavy (non-hydrogen) atoms. The van der Waals surface area contributed by atoms with Crippen LogP contribution >= 0.6 is 11.8 Å². The first kappa shape index (κ1) is 10.9. The fourth-order valence-electron chi connectivity index (χ4n) is 0.926. The van der Waals surface area contributed by atoms with Crippen molar-refractivity contribution in [2.45, 2.75) is 17.3 Å². The molecule has 0 saturated carbocycles. The number of carbonyl (C=O) groups is 1.